The molecule has 0 saturated carbocycles. The minimum atomic E-state index is 0.860. The lowest BCUT2D eigenvalue weighted by atomic mass is 10.1. The van der Waals surface area contributed by atoms with Gasteiger partial charge < -0.3 is 0 Å². The number of nitrogens with zero attached hydrogens (tertiary/aromatic N) is 2. The molecule has 0 unspecified atom stereocenters. The summed E-state index contributed by atoms with van der Waals surface area (Å²) in [5.41, 5.74) is 3.73. The molecule has 0 N–H and O–H groups in total. The van der Waals surface area contributed by atoms with Crippen molar-refractivity contribution in [2.45, 2.75) is 13.8 Å². The maximum Gasteiger partial charge on any atom is 0.0904 e. The van der Waals surface area contributed by atoms with E-state index in [4.69, 9.17) is 4.98 Å². The van der Waals surface area contributed by atoms with Gasteiger partial charge in [0.25, 0.3) is 0 Å². The lowest BCUT2D eigenvalue weighted by Gasteiger charge is -2.06. The van der Waals surface area contributed by atoms with Crippen LogP contribution < -0.4 is 0 Å². The van der Waals surface area contributed by atoms with Crippen LogP contribution in [0.1, 0.15) is 19.5 Å². The number of hydrogen-bond acceptors (Lipinski definition) is 2. The Kier molecular flexibility index (Phi) is 5.64. The quantitative estimate of drug-likeness (QED) is 0.692. The Morgan fingerprint density at radius 2 is 1.95 bits per heavy atom. The lowest BCUT2D eigenvalue weighted by Crippen LogP contribution is -1.93. The second kappa shape index (κ2) is 7.70. The maximum atomic E-state index is 4.72. The molecule has 0 saturated heterocycles. The number of pyridine rings is 2. The predicted octanol–water partition coefficient (Wildman–Crippen LogP) is 5.44. The summed E-state index contributed by atoms with van der Waals surface area (Å²) in [5, 5.41) is 0. The number of halogens is 1. The second-order valence-electron chi connectivity index (χ2n) is 4.40. The first-order valence-corrected chi connectivity index (χ1v) is 7.59. The summed E-state index contributed by atoms with van der Waals surface area (Å²) in [5.74, 6) is 0. The normalized spacial score (nSPS) is 12.4. The van der Waals surface area contributed by atoms with E-state index in [1.807, 2.05) is 62.4 Å². The van der Waals surface area contributed by atoms with Gasteiger partial charge in [-0.15, -0.1) is 0 Å². The first-order chi connectivity index (χ1) is 10.2. The highest BCUT2D eigenvalue weighted by Crippen LogP contribution is 2.24. The summed E-state index contributed by atoms with van der Waals surface area (Å²) in [7, 11) is 0. The van der Waals surface area contributed by atoms with Gasteiger partial charge >= 0.3 is 0 Å². The van der Waals surface area contributed by atoms with Crippen LogP contribution >= 0.6 is 15.9 Å². The van der Waals surface area contributed by atoms with Gasteiger partial charge in [-0.1, -0.05) is 52.4 Å². The van der Waals surface area contributed by atoms with Crippen molar-refractivity contribution in [1.82, 2.24) is 9.97 Å². The molecule has 0 spiro atoms. The van der Waals surface area contributed by atoms with E-state index in [-0.39, 0.29) is 0 Å². The Morgan fingerprint density at radius 1 is 1.10 bits per heavy atom. The van der Waals surface area contributed by atoms with Crippen LogP contribution in [0.5, 0.6) is 0 Å². The maximum absolute atomic E-state index is 4.72. The van der Waals surface area contributed by atoms with Crippen molar-refractivity contribution in [1.29, 1.82) is 0 Å². The van der Waals surface area contributed by atoms with Crippen LogP contribution in [-0.4, -0.2) is 9.97 Å². The van der Waals surface area contributed by atoms with E-state index < -0.39 is 0 Å². The van der Waals surface area contributed by atoms with E-state index in [1.54, 1.807) is 6.20 Å². The molecule has 2 rings (SSSR count). The fraction of sp³-hybridized carbons (Fsp3) is 0.111. The molecule has 0 aliphatic rings. The number of allylic oxidation sites excluding steroid dienone is 6. The first-order valence-electron chi connectivity index (χ1n) is 6.79. The fourth-order valence-electron chi connectivity index (χ4n) is 1.89. The van der Waals surface area contributed by atoms with Crippen LogP contribution in [0.15, 0.2) is 71.4 Å². The van der Waals surface area contributed by atoms with Gasteiger partial charge in [-0.05, 0) is 43.7 Å². The number of rotatable bonds is 4. The highest BCUT2D eigenvalue weighted by molar-refractivity contribution is 9.10. The summed E-state index contributed by atoms with van der Waals surface area (Å²) in [4.78, 5) is 9.08. The molecular weight excluding hydrogens is 324 g/mol. The molecule has 0 atom stereocenters. The van der Waals surface area contributed by atoms with Crippen molar-refractivity contribution in [2.24, 2.45) is 0 Å². The molecule has 3 heteroatoms. The van der Waals surface area contributed by atoms with Crippen molar-refractivity contribution in [3.63, 3.8) is 0 Å². The van der Waals surface area contributed by atoms with Crippen molar-refractivity contribution >= 4 is 21.5 Å². The van der Waals surface area contributed by atoms with E-state index in [1.165, 1.54) is 0 Å². The van der Waals surface area contributed by atoms with Gasteiger partial charge in [0.1, 0.15) is 0 Å². The minimum absolute atomic E-state index is 0.860. The molecule has 21 heavy (non-hydrogen) atoms. The van der Waals surface area contributed by atoms with Crippen molar-refractivity contribution in [2.75, 3.05) is 0 Å². The zero-order valence-corrected chi connectivity index (χ0v) is 13.7. The van der Waals surface area contributed by atoms with Gasteiger partial charge in [0, 0.05) is 10.7 Å². The molecule has 0 bridgehead atoms. The van der Waals surface area contributed by atoms with Crippen LogP contribution in [0.2, 0.25) is 0 Å². The summed E-state index contributed by atoms with van der Waals surface area (Å²) in [6.07, 6.45) is 11.9. The molecule has 0 fully saturated rings. The van der Waals surface area contributed by atoms with Crippen molar-refractivity contribution < 1.29 is 0 Å². The van der Waals surface area contributed by atoms with Gasteiger partial charge in [-0.25, -0.2) is 4.98 Å². The molecule has 2 nitrogen and oxygen atoms in total. The van der Waals surface area contributed by atoms with Crippen LogP contribution in [0.3, 0.4) is 0 Å². The fourth-order valence-corrected chi connectivity index (χ4v) is 2.32. The van der Waals surface area contributed by atoms with E-state index in [2.05, 4.69) is 33.1 Å². The van der Waals surface area contributed by atoms with Gasteiger partial charge in [0.15, 0.2) is 0 Å². The van der Waals surface area contributed by atoms with Crippen LogP contribution in [0.4, 0.5) is 0 Å². The Hall–Kier alpha value is -2.00. The molecule has 0 amide bonds. The molecule has 0 aliphatic carbocycles. The molecule has 2 aromatic rings. The van der Waals surface area contributed by atoms with Gasteiger partial charge in [-0.3, -0.25) is 4.98 Å². The van der Waals surface area contributed by atoms with Crippen molar-refractivity contribution in [3.05, 3.63) is 77.1 Å². The summed E-state index contributed by atoms with van der Waals surface area (Å²) < 4.78 is 0.993. The van der Waals surface area contributed by atoms with Gasteiger partial charge in [-0.2, -0.15) is 0 Å². The standard InChI is InChI=1S/C18H17BrN2/c1-3-5-6-9-14(4-2)17-12-15(19)13-18(21-17)16-10-7-8-11-20-16/h3-13H,1-2H3/b5-3-,9-6-,14-4-. The molecule has 0 radical (unpaired) electrons. The van der Waals surface area contributed by atoms with E-state index in [0.717, 1.165) is 27.1 Å². The van der Waals surface area contributed by atoms with Crippen LogP contribution in [0, 0.1) is 0 Å². The van der Waals surface area contributed by atoms with E-state index in [0.29, 0.717) is 0 Å². The summed E-state index contributed by atoms with van der Waals surface area (Å²) in [6, 6.07) is 9.83. The molecule has 0 aliphatic heterocycles. The Balaban J connectivity index is 2.43. The second-order valence-corrected chi connectivity index (χ2v) is 5.32. The average molecular weight is 341 g/mol. The third-order valence-electron chi connectivity index (χ3n) is 2.90. The SMILES string of the molecule is C\C=C/C=C\C(=C\C)c1cc(Br)cc(-c2ccccn2)n1. The minimum Gasteiger partial charge on any atom is -0.255 e. The van der Waals surface area contributed by atoms with Crippen LogP contribution in [-0.2, 0) is 0 Å². The Labute approximate surface area is 134 Å². The monoisotopic (exact) mass is 340 g/mol. The third kappa shape index (κ3) is 4.23. The topological polar surface area (TPSA) is 25.8 Å². The van der Waals surface area contributed by atoms with Gasteiger partial charge in [0.2, 0.25) is 0 Å². The molecule has 2 heterocycles. The average Bonchev–Trinajstić information content (AvgIpc) is 2.52. The summed E-state index contributed by atoms with van der Waals surface area (Å²) >= 11 is 3.56. The highest BCUT2D eigenvalue weighted by atomic mass is 79.9. The zero-order valence-electron chi connectivity index (χ0n) is 12.1. The van der Waals surface area contributed by atoms with Crippen molar-refractivity contribution in [3.8, 4) is 11.4 Å². The van der Waals surface area contributed by atoms with E-state index in [9.17, 15) is 0 Å². The summed E-state index contributed by atoms with van der Waals surface area (Å²) in [6.45, 7) is 4.01. The molecule has 106 valence electrons. The largest absolute Gasteiger partial charge is 0.255 e. The highest BCUT2D eigenvalue weighted by Gasteiger charge is 2.06. The lowest BCUT2D eigenvalue weighted by molar-refractivity contribution is 1.22. The predicted molar refractivity (Wildman–Crippen MR) is 92.8 cm³/mol. The van der Waals surface area contributed by atoms with Crippen LogP contribution in [0.25, 0.3) is 17.0 Å². The third-order valence-corrected chi connectivity index (χ3v) is 3.36. The van der Waals surface area contributed by atoms with Gasteiger partial charge in [0.05, 0.1) is 17.1 Å². The van der Waals surface area contributed by atoms with E-state index >= 15 is 0 Å². The first kappa shape index (κ1) is 15.4. The molecular formula is C18H17BrN2. The smallest absolute Gasteiger partial charge is 0.0904 e. The number of aromatic nitrogens is 2. The molecule has 2 aromatic heterocycles. The molecule has 0 aromatic carbocycles. The number of hydrogen-bond donors (Lipinski definition) is 0. The Bertz CT molecular complexity index is 686. The zero-order chi connectivity index (χ0) is 15.1. The Morgan fingerprint density at radius 3 is 2.62 bits per heavy atom.